The maximum absolute atomic E-state index is 13.4. The predicted octanol–water partition coefficient (Wildman–Crippen LogP) is 7.17. The number of hydrogen-bond donors (Lipinski definition) is 0. The van der Waals surface area contributed by atoms with Gasteiger partial charge in [0, 0.05) is 10.6 Å². The first-order valence-corrected chi connectivity index (χ1v) is 10.9. The zero-order valence-electron chi connectivity index (χ0n) is 18.3. The molecular weight excluding hydrogens is 464 g/mol. The number of nitriles is 1. The third-order valence-electron chi connectivity index (χ3n) is 5.01. The zero-order valence-corrected chi connectivity index (χ0v) is 19.0. The van der Waals surface area contributed by atoms with E-state index in [4.69, 9.17) is 25.8 Å². The number of carbonyl (C=O) groups is 1. The Balaban J connectivity index is 1.91. The van der Waals surface area contributed by atoms with Crippen LogP contribution in [0, 0.1) is 11.3 Å². The average molecular weight is 486 g/mol. The van der Waals surface area contributed by atoms with Gasteiger partial charge in [0.15, 0.2) is 5.60 Å². The highest BCUT2D eigenvalue weighted by Gasteiger charge is 2.46. The van der Waals surface area contributed by atoms with Gasteiger partial charge in [0.05, 0.1) is 0 Å². The summed E-state index contributed by atoms with van der Waals surface area (Å²) < 4.78 is 43.0. The van der Waals surface area contributed by atoms with E-state index in [1.165, 1.54) is 24.3 Å². The van der Waals surface area contributed by atoms with Crippen LogP contribution in [0.2, 0.25) is 5.02 Å². The van der Waals surface area contributed by atoms with Crippen LogP contribution in [-0.4, -0.2) is 12.6 Å². The van der Waals surface area contributed by atoms with Gasteiger partial charge in [-0.05, 0) is 48.4 Å². The van der Waals surface area contributed by atoms with E-state index in [2.05, 4.69) is 0 Å². The summed E-state index contributed by atoms with van der Waals surface area (Å²) in [5, 5.41) is 10.1. The van der Waals surface area contributed by atoms with Crippen LogP contribution in [0.15, 0.2) is 78.9 Å². The quantitative estimate of drug-likeness (QED) is 0.284. The van der Waals surface area contributed by atoms with Crippen LogP contribution in [0.5, 0.6) is 11.5 Å². The molecule has 2 unspecified atom stereocenters. The van der Waals surface area contributed by atoms with Crippen molar-refractivity contribution in [1.29, 1.82) is 5.26 Å². The second-order valence-electron chi connectivity index (χ2n) is 7.36. The summed E-state index contributed by atoms with van der Waals surface area (Å²) in [6, 6.07) is 23.1. The summed E-state index contributed by atoms with van der Waals surface area (Å²) in [6.07, 6.45) is -1.13. The molecule has 0 radical (unpaired) electrons. The number of esters is 1. The van der Waals surface area contributed by atoms with Crippen molar-refractivity contribution in [2.45, 2.75) is 38.1 Å². The van der Waals surface area contributed by atoms with E-state index in [0.29, 0.717) is 28.5 Å². The summed E-state index contributed by atoms with van der Waals surface area (Å²) >= 11 is 5.92. The summed E-state index contributed by atoms with van der Waals surface area (Å²) in [6.45, 7) is -1.53. The van der Waals surface area contributed by atoms with Gasteiger partial charge in [-0.3, -0.25) is 4.74 Å². The van der Waals surface area contributed by atoms with Gasteiger partial charge >= 0.3 is 12.6 Å². The molecule has 0 fully saturated rings. The fraction of sp³-hybridized carbons (Fsp3) is 0.231. The molecule has 0 saturated heterocycles. The summed E-state index contributed by atoms with van der Waals surface area (Å²) in [5.41, 5.74) is -1.63. The third kappa shape index (κ3) is 6.10. The van der Waals surface area contributed by atoms with Crippen molar-refractivity contribution in [3.8, 4) is 17.6 Å². The number of nitrogens with zero attached hydrogens (tertiary/aromatic N) is 1. The molecule has 2 atom stereocenters. The van der Waals surface area contributed by atoms with Gasteiger partial charge < -0.3 is 9.47 Å². The first-order valence-electron chi connectivity index (χ1n) is 10.5. The number of carbonyl (C=O) groups excluding carboxylic acids is 1. The number of ether oxygens (including phenoxy) is 3. The lowest BCUT2D eigenvalue weighted by atomic mass is 9.89. The fourth-order valence-corrected chi connectivity index (χ4v) is 3.63. The number of rotatable bonds is 10. The predicted molar refractivity (Wildman–Crippen MR) is 123 cm³/mol. The number of benzene rings is 3. The smallest absolute Gasteiger partial charge is 0.346 e. The molecule has 0 bridgehead atoms. The molecule has 34 heavy (non-hydrogen) atoms. The maximum Gasteiger partial charge on any atom is 0.346 e. The molecule has 3 aromatic rings. The van der Waals surface area contributed by atoms with E-state index in [1.807, 2.05) is 24.3 Å². The third-order valence-corrected chi connectivity index (χ3v) is 5.27. The van der Waals surface area contributed by atoms with Gasteiger partial charge in [-0.1, -0.05) is 67.4 Å². The Labute approximate surface area is 201 Å². The van der Waals surface area contributed by atoms with Crippen molar-refractivity contribution < 1.29 is 27.8 Å². The molecule has 0 amide bonds. The van der Waals surface area contributed by atoms with Crippen LogP contribution in [0.4, 0.5) is 8.78 Å². The lowest BCUT2D eigenvalue weighted by Gasteiger charge is -2.32. The van der Waals surface area contributed by atoms with Crippen LogP contribution >= 0.6 is 11.6 Å². The average Bonchev–Trinajstić information content (AvgIpc) is 2.83. The number of hydrogen-bond acceptors (Lipinski definition) is 5. The van der Waals surface area contributed by atoms with Crippen molar-refractivity contribution in [1.82, 2.24) is 0 Å². The van der Waals surface area contributed by atoms with E-state index in [0.717, 1.165) is 0 Å². The maximum atomic E-state index is 13.4. The molecule has 3 rings (SSSR count). The Hall–Kier alpha value is -3.47. The molecule has 176 valence electrons. The summed E-state index contributed by atoms with van der Waals surface area (Å²) in [5.74, 6) is -0.0977. The second-order valence-corrected chi connectivity index (χ2v) is 7.80. The highest BCUT2D eigenvalue weighted by molar-refractivity contribution is 6.30. The highest BCUT2D eigenvalue weighted by Crippen LogP contribution is 2.37. The fourth-order valence-electron chi connectivity index (χ4n) is 3.50. The van der Waals surface area contributed by atoms with Crippen LogP contribution < -0.4 is 4.74 Å². The van der Waals surface area contributed by atoms with Crippen molar-refractivity contribution in [2.24, 2.45) is 0 Å². The number of para-hydroxylation sites is 1. The summed E-state index contributed by atoms with van der Waals surface area (Å²) in [4.78, 5) is 13.3. The van der Waals surface area contributed by atoms with Crippen LogP contribution in [0.25, 0.3) is 0 Å². The van der Waals surface area contributed by atoms with Crippen molar-refractivity contribution >= 4 is 17.6 Å². The van der Waals surface area contributed by atoms with Crippen LogP contribution in [0.3, 0.4) is 0 Å². The normalized spacial score (nSPS) is 13.5. The van der Waals surface area contributed by atoms with E-state index < -0.39 is 24.3 Å². The van der Waals surface area contributed by atoms with Gasteiger partial charge in [0.2, 0.25) is 6.10 Å². The molecule has 3 aromatic carbocycles. The SMILES string of the molecule is CCCC(OC(F)F)(C(=O)OC(C#N)c1cccc(Oc2ccccc2)c1)c1ccc(Cl)cc1. The lowest BCUT2D eigenvalue weighted by molar-refractivity contribution is -0.232. The lowest BCUT2D eigenvalue weighted by Crippen LogP contribution is -2.42. The van der Waals surface area contributed by atoms with Crippen molar-refractivity contribution in [3.05, 3.63) is 95.0 Å². The summed E-state index contributed by atoms with van der Waals surface area (Å²) in [7, 11) is 0. The molecule has 0 aliphatic heterocycles. The van der Waals surface area contributed by atoms with Crippen LogP contribution in [-0.2, 0) is 19.9 Å². The second kappa shape index (κ2) is 11.6. The molecule has 0 saturated carbocycles. The minimum absolute atomic E-state index is 0.0902. The Morgan fingerprint density at radius 3 is 2.32 bits per heavy atom. The topological polar surface area (TPSA) is 68.5 Å². The molecule has 5 nitrogen and oxygen atoms in total. The Kier molecular flexibility index (Phi) is 8.58. The first-order chi connectivity index (χ1) is 16.4. The molecule has 8 heteroatoms. The van der Waals surface area contributed by atoms with E-state index >= 15 is 0 Å². The molecule has 0 aromatic heterocycles. The Bertz CT molecular complexity index is 1140. The first kappa shape index (κ1) is 25.2. The standard InChI is InChI=1S/C26H22ClF2NO4/c1-2-15-26(34-25(28)29,19-11-13-20(27)14-12-19)24(31)33-23(17-30)18-7-6-10-22(16-18)32-21-8-4-3-5-9-21/h3-14,16,23,25H,2,15H2,1H3. The Morgan fingerprint density at radius 2 is 1.71 bits per heavy atom. The number of alkyl halides is 2. The van der Waals surface area contributed by atoms with Gasteiger partial charge in [-0.2, -0.15) is 14.0 Å². The molecular formula is C26H22ClF2NO4. The molecule has 0 aliphatic carbocycles. The van der Waals surface area contributed by atoms with Gasteiger partial charge in [-0.25, -0.2) is 4.79 Å². The van der Waals surface area contributed by atoms with Gasteiger partial charge in [-0.15, -0.1) is 0 Å². The van der Waals surface area contributed by atoms with E-state index in [1.54, 1.807) is 43.3 Å². The minimum atomic E-state index is -3.25. The number of halogens is 3. The van der Waals surface area contributed by atoms with Gasteiger partial charge in [0.25, 0.3) is 0 Å². The monoisotopic (exact) mass is 485 g/mol. The molecule has 0 heterocycles. The van der Waals surface area contributed by atoms with Gasteiger partial charge in [0.1, 0.15) is 17.6 Å². The molecule has 0 aliphatic rings. The zero-order chi connectivity index (χ0) is 24.6. The highest BCUT2D eigenvalue weighted by atomic mass is 35.5. The van der Waals surface area contributed by atoms with Crippen molar-refractivity contribution in [2.75, 3.05) is 0 Å². The van der Waals surface area contributed by atoms with E-state index in [9.17, 15) is 18.8 Å². The molecule has 0 spiro atoms. The van der Waals surface area contributed by atoms with Crippen LogP contribution in [0.1, 0.15) is 37.0 Å². The largest absolute Gasteiger partial charge is 0.457 e. The molecule has 0 N–H and O–H groups in total. The minimum Gasteiger partial charge on any atom is -0.457 e. The van der Waals surface area contributed by atoms with E-state index in [-0.39, 0.29) is 12.0 Å². The van der Waals surface area contributed by atoms with Crippen molar-refractivity contribution in [3.63, 3.8) is 0 Å². The Morgan fingerprint density at radius 1 is 1.03 bits per heavy atom.